The molecule has 0 aromatic carbocycles. The largest absolute Gasteiger partial charge is 0.251 e. The molecule has 11 heavy (non-hydrogen) atoms. The third-order valence-corrected chi connectivity index (χ3v) is 5.58. The molecule has 0 aromatic heterocycles. The zero-order chi connectivity index (χ0) is 9.28. The molecular formula is C4H7I4NOS. The van der Waals surface area contributed by atoms with E-state index >= 15 is 0 Å². The maximum atomic E-state index is 11.4. The average molecular weight is 625 g/mol. The Morgan fingerprint density at radius 2 is 1.55 bits per heavy atom. The second-order valence-corrected chi connectivity index (χ2v) is 18.0. The maximum absolute atomic E-state index is 11.4. The van der Waals surface area contributed by atoms with Gasteiger partial charge in [0.2, 0.25) is 0 Å². The summed E-state index contributed by atoms with van der Waals surface area (Å²) in [4.78, 5) is 0. The van der Waals surface area contributed by atoms with Crippen molar-refractivity contribution in [2.45, 2.75) is 16.2 Å². The topological polar surface area (TPSA) is 29.4 Å². The van der Waals surface area contributed by atoms with Crippen LogP contribution in [0.1, 0.15) is 13.8 Å². The number of hydrogen-bond acceptors (Lipinski definition) is 2. The van der Waals surface area contributed by atoms with Crippen molar-refractivity contribution < 1.29 is 4.21 Å². The zero-order valence-electron chi connectivity index (χ0n) is 5.81. The van der Waals surface area contributed by atoms with Crippen molar-refractivity contribution in [2.75, 3.05) is 0 Å². The number of nitrogens with zero attached hydrogens (tertiary/aromatic N) is 1. The van der Waals surface area contributed by atoms with Gasteiger partial charge >= 0.3 is 0 Å². The van der Waals surface area contributed by atoms with Gasteiger partial charge in [0.05, 0.1) is 10.6 Å². The van der Waals surface area contributed by atoms with Crippen LogP contribution in [0.15, 0.2) is 4.36 Å². The van der Waals surface area contributed by atoms with Crippen molar-refractivity contribution in [2.24, 2.45) is 4.36 Å². The molecule has 0 saturated heterocycles. The van der Waals surface area contributed by atoms with Crippen molar-refractivity contribution in [3.05, 3.63) is 0 Å². The molecule has 0 saturated carbocycles. The first kappa shape index (κ1) is 13.9. The van der Waals surface area contributed by atoms with E-state index in [-0.39, 0.29) is 2.31 Å². The predicted molar refractivity (Wildman–Crippen MR) is 84.9 cm³/mol. The third kappa shape index (κ3) is 7.90. The van der Waals surface area contributed by atoms with Crippen molar-refractivity contribution in [3.8, 4) is 0 Å². The molecule has 0 spiro atoms. The summed E-state index contributed by atoms with van der Waals surface area (Å²) in [7, 11) is -1.48. The molecule has 0 aromatic rings. The highest BCUT2D eigenvalue weighted by Crippen LogP contribution is 2.34. The fourth-order valence-corrected chi connectivity index (χ4v) is 2.56. The van der Waals surface area contributed by atoms with Crippen molar-refractivity contribution in [1.82, 2.24) is 0 Å². The maximum Gasteiger partial charge on any atom is 0.168 e. The summed E-state index contributed by atoms with van der Waals surface area (Å²) < 4.78 is 15.1. The van der Waals surface area contributed by atoms with E-state index in [2.05, 4.69) is 94.7 Å². The molecule has 0 N–H and O–H groups in total. The second-order valence-electron chi connectivity index (χ2n) is 2.06. The van der Waals surface area contributed by atoms with Gasteiger partial charge in [-0.2, -0.15) is 0 Å². The van der Waals surface area contributed by atoms with Crippen LogP contribution in [0.25, 0.3) is 0 Å². The van der Waals surface area contributed by atoms with E-state index in [4.69, 9.17) is 0 Å². The van der Waals surface area contributed by atoms with Gasteiger partial charge in [-0.3, -0.25) is 4.21 Å². The zero-order valence-corrected chi connectivity index (χ0v) is 15.3. The van der Waals surface area contributed by atoms with Crippen LogP contribution >= 0.6 is 90.4 Å². The summed E-state index contributed by atoms with van der Waals surface area (Å²) in [5, 5.41) is 0. The Morgan fingerprint density at radius 1 is 1.18 bits per heavy atom. The molecule has 2 nitrogen and oxygen atoms in total. The molecule has 0 radical (unpaired) electrons. The lowest BCUT2D eigenvalue weighted by Crippen LogP contribution is -2.09. The summed E-state index contributed by atoms with van der Waals surface area (Å²) in [5.74, 6) is 0. The van der Waals surface area contributed by atoms with Gasteiger partial charge in [0, 0.05) is 0 Å². The third-order valence-electron chi connectivity index (χ3n) is 0.602. The molecule has 0 rings (SSSR count). The first-order valence-corrected chi connectivity index (χ1v) is 8.11. The molecule has 0 bridgehead atoms. The summed E-state index contributed by atoms with van der Waals surface area (Å²) >= 11 is 8.61. The average Bonchev–Trinajstić information content (AvgIpc) is 1.56. The number of hydrogen-bond donors (Lipinski definition) is 1. The monoisotopic (exact) mass is 625 g/mol. The summed E-state index contributed by atoms with van der Waals surface area (Å²) in [5.41, 5.74) is 0. The Kier molecular flexibility index (Phi) is 6.42. The van der Waals surface area contributed by atoms with Crippen LogP contribution in [0, 0.1) is 0 Å². The summed E-state index contributed by atoms with van der Waals surface area (Å²) in [6.45, 7) is 3.84. The van der Waals surface area contributed by atoms with E-state index in [1.54, 1.807) is 0 Å². The van der Waals surface area contributed by atoms with E-state index in [0.717, 1.165) is 0 Å². The molecular weight excluding hydrogens is 618 g/mol. The lowest BCUT2D eigenvalue weighted by molar-refractivity contribution is 0.686. The fourth-order valence-electron chi connectivity index (χ4n) is 0.247. The molecule has 0 heterocycles. The van der Waals surface area contributed by atoms with Crippen molar-refractivity contribution in [1.29, 1.82) is 0 Å². The van der Waals surface area contributed by atoms with Gasteiger partial charge in [-0.15, -0.1) is 0 Å². The van der Waals surface area contributed by atoms with Crippen molar-refractivity contribution in [3.63, 3.8) is 0 Å². The summed E-state index contributed by atoms with van der Waals surface area (Å²) in [6.07, 6.45) is 0. The van der Waals surface area contributed by atoms with Crippen LogP contribution in [0.5, 0.6) is 0 Å². The van der Waals surface area contributed by atoms with Gasteiger partial charge in [0.1, 0.15) is 0 Å². The Hall–Kier alpha value is 2.87. The van der Waals surface area contributed by atoms with Gasteiger partial charge in [0.15, 0.2) is 2.31 Å². The highest BCUT2D eigenvalue weighted by atomic mass is 127. The van der Waals surface area contributed by atoms with E-state index in [1.807, 2.05) is 13.8 Å². The van der Waals surface area contributed by atoms with E-state index < -0.39 is 10.6 Å². The van der Waals surface area contributed by atoms with Gasteiger partial charge in [-0.25, -0.2) is 4.36 Å². The minimum atomic E-state index is -1.48. The second kappa shape index (κ2) is 5.09. The Balaban J connectivity index is 4.64. The molecule has 7 heteroatoms. The smallest absolute Gasteiger partial charge is 0.168 e. The van der Waals surface area contributed by atoms with E-state index in [0.29, 0.717) is 0 Å². The molecule has 0 fully saturated rings. The minimum absolute atomic E-state index is 0.249. The summed E-state index contributed by atoms with van der Waals surface area (Å²) in [6, 6.07) is 0. The molecule has 1 atom stereocenters. The van der Waals surface area contributed by atoms with E-state index in [1.165, 1.54) is 0 Å². The lowest BCUT2D eigenvalue weighted by Gasteiger charge is -2.12. The fraction of sp³-hybridized carbons (Fsp3) is 1.00. The minimum Gasteiger partial charge on any atom is -0.251 e. The molecule has 0 amide bonds. The van der Waals surface area contributed by atoms with Crippen LogP contribution in [0.2, 0.25) is 0 Å². The Morgan fingerprint density at radius 3 is 1.64 bits per heavy atom. The highest BCUT2D eigenvalue weighted by molar-refractivity contribution is 14.2. The highest BCUT2D eigenvalue weighted by Gasteiger charge is 2.20. The standard InChI is InChI=1S/C4H7I4NOS/c1-3(5,6)9-11(10)4(2,7)8/h11H,1-2H3. The molecule has 0 aliphatic heterocycles. The number of halogens is 4. The van der Waals surface area contributed by atoms with Crippen LogP contribution in [0.3, 0.4) is 0 Å². The number of rotatable bonds is 2. The number of thiol groups is 1. The van der Waals surface area contributed by atoms with Crippen molar-refractivity contribution >= 4 is 101 Å². The van der Waals surface area contributed by atoms with Crippen LogP contribution in [0.4, 0.5) is 0 Å². The van der Waals surface area contributed by atoms with E-state index in [9.17, 15) is 4.21 Å². The van der Waals surface area contributed by atoms with Crippen LogP contribution < -0.4 is 0 Å². The lowest BCUT2D eigenvalue weighted by atomic mass is 10.8. The molecule has 1 unspecified atom stereocenters. The van der Waals surface area contributed by atoms with Gasteiger partial charge in [-0.1, -0.05) is 45.2 Å². The molecule has 0 aliphatic carbocycles. The predicted octanol–water partition coefficient (Wildman–Crippen LogP) is 3.74. The Bertz CT molecular complexity index is 209. The normalized spacial score (nSPS) is 16.9. The van der Waals surface area contributed by atoms with Crippen LogP contribution in [-0.2, 0) is 10.6 Å². The Labute approximate surface area is 123 Å². The van der Waals surface area contributed by atoms with Gasteiger partial charge < -0.3 is 0 Å². The van der Waals surface area contributed by atoms with Gasteiger partial charge in [0.25, 0.3) is 0 Å². The first-order valence-electron chi connectivity index (χ1n) is 2.59. The van der Waals surface area contributed by atoms with Gasteiger partial charge in [-0.05, 0) is 59.0 Å². The first-order chi connectivity index (χ1) is 4.63. The quantitative estimate of drug-likeness (QED) is 0.216. The SMILES string of the molecule is CC(I)(I)N=[SH](=O)C(C)(I)I. The molecule has 68 valence electrons. The molecule has 0 aliphatic rings. The number of alkyl halides is 4. The van der Waals surface area contributed by atoms with Crippen LogP contribution in [-0.4, -0.2) is 6.52 Å².